The maximum Gasteiger partial charge on any atom is 0.151 e. The summed E-state index contributed by atoms with van der Waals surface area (Å²) in [5, 5.41) is 12.9. The summed E-state index contributed by atoms with van der Waals surface area (Å²) in [6, 6.07) is 4.50. The highest BCUT2D eigenvalue weighted by Crippen LogP contribution is 2.22. The lowest BCUT2D eigenvalue weighted by Gasteiger charge is -2.25. The Morgan fingerprint density at radius 2 is 2.45 bits per heavy atom. The summed E-state index contributed by atoms with van der Waals surface area (Å²) in [5.41, 5.74) is 0. The molecular weight excluding hydrogens is 270 g/mol. The highest BCUT2D eigenvalue weighted by Gasteiger charge is 2.25. The van der Waals surface area contributed by atoms with Crippen molar-refractivity contribution in [2.45, 2.75) is 32.4 Å². The van der Waals surface area contributed by atoms with E-state index in [9.17, 15) is 0 Å². The van der Waals surface area contributed by atoms with E-state index >= 15 is 0 Å². The maximum atomic E-state index is 4.28. The van der Waals surface area contributed by atoms with Crippen molar-refractivity contribution in [3.8, 4) is 0 Å². The Kier molecular flexibility index (Phi) is 4.22. The van der Waals surface area contributed by atoms with Crippen molar-refractivity contribution >= 4 is 17.2 Å². The molecule has 1 N–H and O–H groups in total. The molecule has 3 rings (SSSR count). The van der Waals surface area contributed by atoms with Gasteiger partial charge in [-0.05, 0) is 31.9 Å². The van der Waals surface area contributed by atoms with Crippen LogP contribution >= 0.6 is 11.3 Å². The molecule has 1 saturated heterocycles. The van der Waals surface area contributed by atoms with Crippen LogP contribution in [0.3, 0.4) is 0 Å². The summed E-state index contributed by atoms with van der Waals surface area (Å²) in [6.07, 6.45) is 6.12. The number of nitrogens with zero attached hydrogens (tertiary/aromatic N) is 4. The molecule has 0 saturated carbocycles. The zero-order valence-corrected chi connectivity index (χ0v) is 12.4. The van der Waals surface area contributed by atoms with E-state index < -0.39 is 0 Å². The molecule has 1 aliphatic rings. The summed E-state index contributed by atoms with van der Waals surface area (Å²) < 4.78 is 0. The SMILES string of the molecule is Cc1ncc(CNC[C@@H]2CCCN2c2cccnn2)s1. The van der Waals surface area contributed by atoms with E-state index in [-0.39, 0.29) is 0 Å². The fourth-order valence-electron chi connectivity index (χ4n) is 2.65. The molecule has 2 aromatic heterocycles. The largest absolute Gasteiger partial charge is 0.351 e. The van der Waals surface area contributed by atoms with Crippen LogP contribution in [0.2, 0.25) is 0 Å². The molecule has 3 heterocycles. The molecule has 1 fully saturated rings. The second-order valence-corrected chi connectivity index (χ2v) is 6.37. The van der Waals surface area contributed by atoms with Crippen LogP contribution in [0.1, 0.15) is 22.7 Å². The molecule has 5 nitrogen and oxygen atoms in total. The quantitative estimate of drug-likeness (QED) is 0.912. The Morgan fingerprint density at radius 1 is 1.50 bits per heavy atom. The average molecular weight is 289 g/mol. The minimum atomic E-state index is 0.515. The van der Waals surface area contributed by atoms with Crippen LogP contribution in [0.4, 0.5) is 5.82 Å². The first kappa shape index (κ1) is 13.5. The summed E-state index contributed by atoms with van der Waals surface area (Å²) in [5.74, 6) is 0.991. The van der Waals surface area contributed by atoms with Crippen molar-refractivity contribution in [3.63, 3.8) is 0 Å². The summed E-state index contributed by atoms with van der Waals surface area (Å²) in [4.78, 5) is 7.94. The fourth-order valence-corrected chi connectivity index (χ4v) is 3.41. The Hall–Kier alpha value is -1.53. The van der Waals surface area contributed by atoms with Gasteiger partial charge in [-0.1, -0.05) is 0 Å². The molecule has 0 amide bonds. The van der Waals surface area contributed by atoms with Crippen LogP contribution in [-0.4, -0.2) is 34.3 Å². The van der Waals surface area contributed by atoms with Crippen LogP contribution in [-0.2, 0) is 6.54 Å². The van der Waals surface area contributed by atoms with E-state index in [4.69, 9.17) is 0 Å². The molecule has 2 aromatic rings. The molecule has 1 aliphatic heterocycles. The first-order chi connectivity index (χ1) is 9.83. The smallest absolute Gasteiger partial charge is 0.151 e. The van der Waals surface area contributed by atoms with Crippen molar-refractivity contribution in [1.29, 1.82) is 0 Å². The van der Waals surface area contributed by atoms with Gasteiger partial charge in [0.1, 0.15) is 0 Å². The standard InChI is InChI=1S/C14H19N5S/c1-11-16-10-13(20-11)9-15-8-12-4-3-7-19(12)14-5-2-6-17-18-14/h2,5-6,10,12,15H,3-4,7-9H2,1H3/t12-/m0/s1. The van der Waals surface area contributed by atoms with E-state index in [1.54, 1.807) is 17.5 Å². The second-order valence-electron chi connectivity index (χ2n) is 5.05. The molecule has 6 heteroatoms. The third-order valence-corrected chi connectivity index (χ3v) is 4.49. The van der Waals surface area contributed by atoms with Crippen molar-refractivity contribution in [2.24, 2.45) is 0 Å². The van der Waals surface area contributed by atoms with Gasteiger partial charge in [-0.2, -0.15) is 5.10 Å². The van der Waals surface area contributed by atoms with Crippen LogP contribution in [0.15, 0.2) is 24.5 Å². The van der Waals surface area contributed by atoms with Crippen molar-refractivity contribution in [1.82, 2.24) is 20.5 Å². The van der Waals surface area contributed by atoms with E-state index in [1.807, 2.05) is 25.3 Å². The van der Waals surface area contributed by atoms with Crippen molar-refractivity contribution in [2.75, 3.05) is 18.0 Å². The number of aromatic nitrogens is 3. The molecule has 1 atom stereocenters. The van der Waals surface area contributed by atoms with Crippen LogP contribution in [0, 0.1) is 6.92 Å². The monoisotopic (exact) mass is 289 g/mol. The molecule has 20 heavy (non-hydrogen) atoms. The van der Waals surface area contributed by atoms with Gasteiger partial charge in [-0.15, -0.1) is 16.4 Å². The fraction of sp³-hybridized carbons (Fsp3) is 0.500. The average Bonchev–Trinajstić information content (AvgIpc) is 3.09. The first-order valence-electron chi connectivity index (χ1n) is 6.99. The predicted octanol–water partition coefficient (Wildman–Crippen LogP) is 2.00. The predicted molar refractivity (Wildman–Crippen MR) is 81.0 cm³/mol. The van der Waals surface area contributed by atoms with Crippen LogP contribution < -0.4 is 10.2 Å². The topological polar surface area (TPSA) is 53.9 Å². The molecule has 0 bridgehead atoms. The van der Waals surface area contributed by atoms with Gasteiger partial charge in [0.05, 0.1) is 5.01 Å². The van der Waals surface area contributed by atoms with E-state index in [2.05, 4.69) is 25.4 Å². The lowest BCUT2D eigenvalue weighted by molar-refractivity contribution is 0.572. The van der Waals surface area contributed by atoms with Gasteiger partial charge in [0.25, 0.3) is 0 Å². The molecule has 0 spiro atoms. The van der Waals surface area contributed by atoms with Crippen LogP contribution in [0.5, 0.6) is 0 Å². The van der Waals surface area contributed by atoms with Gasteiger partial charge >= 0.3 is 0 Å². The zero-order valence-electron chi connectivity index (χ0n) is 11.6. The van der Waals surface area contributed by atoms with Crippen molar-refractivity contribution < 1.29 is 0 Å². The van der Waals surface area contributed by atoms with Gasteiger partial charge in [-0.25, -0.2) is 4.98 Å². The van der Waals surface area contributed by atoms with Gasteiger partial charge in [-0.3, -0.25) is 0 Å². The number of aryl methyl sites for hydroxylation is 1. The summed E-state index contributed by atoms with van der Waals surface area (Å²) in [7, 11) is 0. The Morgan fingerprint density at radius 3 is 3.20 bits per heavy atom. The molecule has 106 valence electrons. The van der Waals surface area contributed by atoms with Gasteiger partial charge in [0.2, 0.25) is 0 Å². The number of hydrogen-bond donors (Lipinski definition) is 1. The molecule has 0 unspecified atom stereocenters. The first-order valence-corrected chi connectivity index (χ1v) is 7.81. The molecule has 0 radical (unpaired) electrons. The zero-order chi connectivity index (χ0) is 13.8. The van der Waals surface area contributed by atoms with Crippen LogP contribution in [0.25, 0.3) is 0 Å². The van der Waals surface area contributed by atoms with Gasteiger partial charge in [0, 0.05) is 42.9 Å². The van der Waals surface area contributed by atoms with E-state index in [0.717, 1.165) is 30.5 Å². The number of hydrogen-bond acceptors (Lipinski definition) is 6. The van der Waals surface area contributed by atoms with Gasteiger partial charge in [0.15, 0.2) is 5.82 Å². The number of anilines is 1. The Labute approximate surface area is 123 Å². The Balaban J connectivity index is 1.54. The summed E-state index contributed by atoms with van der Waals surface area (Å²) in [6.45, 7) is 5.00. The summed E-state index contributed by atoms with van der Waals surface area (Å²) >= 11 is 1.76. The third kappa shape index (κ3) is 3.13. The van der Waals surface area contributed by atoms with E-state index in [0.29, 0.717) is 6.04 Å². The maximum absolute atomic E-state index is 4.28. The number of rotatable bonds is 5. The molecule has 0 aliphatic carbocycles. The van der Waals surface area contributed by atoms with E-state index in [1.165, 1.54) is 17.7 Å². The second kappa shape index (κ2) is 6.28. The highest BCUT2D eigenvalue weighted by molar-refractivity contribution is 7.11. The molecular formula is C14H19N5S. The third-order valence-electron chi connectivity index (χ3n) is 3.58. The van der Waals surface area contributed by atoms with Crippen molar-refractivity contribution in [3.05, 3.63) is 34.4 Å². The lowest BCUT2D eigenvalue weighted by Crippen LogP contribution is -2.38. The highest BCUT2D eigenvalue weighted by atomic mass is 32.1. The Bertz CT molecular complexity index is 542. The minimum Gasteiger partial charge on any atom is -0.351 e. The molecule has 0 aromatic carbocycles. The number of thiazole rings is 1. The number of nitrogens with one attached hydrogen (secondary N) is 1. The van der Waals surface area contributed by atoms with Gasteiger partial charge < -0.3 is 10.2 Å². The minimum absolute atomic E-state index is 0.515. The lowest BCUT2D eigenvalue weighted by atomic mass is 10.2. The normalized spacial score (nSPS) is 18.6.